The first-order chi connectivity index (χ1) is 19.5. The molecule has 0 spiro atoms. The first kappa shape index (κ1) is 31.6. The van der Waals surface area contributed by atoms with Crippen molar-refractivity contribution in [2.75, 3.05) is 6.16 Å². The van der Waals surface area contributed by atoms with Crippen molar-refractivity contribution >= 4 is 25.3 Å². The molecule has 3 aromatic carbocycles. The third-order valence-corrected chi connectivity index (χ3v) is 8.91. The molecule has 0 aromatic heterocycles. The van der Waals surface area contributed by atoms with Crippen molar-refractivity contribution in [2.24, 2.45) is 11.8 Å². The Bertz CT molecular complexity index is 1320. The second-order valence-corrected chi connectivity index (χ2v) is 12.8. The second kappa shape index (κ2) is 15.2. The Morgan fingerprint density at radius 3 is 1.76 bits per heavy atom. The minimum atomic E-state index is -4.28. The third-order valence-electron chi connectivity index (χ3n) is 6.66. The van der Waals surface area contributed by atoms with Crippen LogP contribution in [0, 0.1) is 11.8 Å². The topological polar surface area (TPSA) is 142 Å². The third kappa shape index (κ3) is 10.2. The van der Waals surface area contributed by atoms with E-state index in [0.717, 1.165) is 11.1 Å². The number of benzene rings is 3. The molecule has 0 aliphatic rings. The van der Waals surface area contributed by atoms with Gasteiger partial charge in [0.15, 0.2) is 0 Å². The molecule has 3 rings (SSSR count). The summed E-state index contributed by atoms with van der Waals surface area (Å²) in [6, 6.07) is 25.8. The normalized spacial score (nSPS) is 14.7. The number of carbonyl (C=O) groups excluding carboxylic acids is 2. The molecule has 4 atom stereocenters. The van der Waals surface area contributed by atoms with E-state index in [1.807, 2.05) is 30.3 Å². The van der Waals surface area contributed by atoms with E-state index >= 15 is 0 Å². The largest absolute Gasteiger partial charge is 0.480 e. The summed E-state index contributed by atoms with van der Waals surface area (Å²) < 4.78 is 19.3. The van der Waals surface area contributed by atoms with Crippen molar-refractivity contribution in [1.82, 2.24) is 10.6 Å². The summed E-state index contributed by atoms with van der Waals surface area (Å²) in [6.07, 6.45) is -1.20. The lowest BCUT2D eigenvalue weighted by atomic mass is 9.98. The number of rotatable bonds is 14. The summed E-state index contributed by atoms with van der Waals surface area (Å²) in [5, 5.41) is 14.7. The molecule has 0 fully saturated rings. The molecule has 4 N–H and O–H groups in total. The Labute approximate surface area is 240 Å². The summed E-state index contributed by atoms with van der Waals surface area (Å²) in [6.45, 7) is 3.32. The quantitative estimate of drug-likeness (QED) is 0.200. The van der Waals surface area contributed by atoms with E-state index in [1.165, 1.54) is 0 Å². The lowest BCUT2D eigenvalue weighted by molar-refractivity contribution is -0.143. The number of ether oxygens (including phenoxy) is 1. The summed E-state index contributed by atoms with van der Waals surface area (Å²) in [5.41, 5.74) is 2.22. The highest BCUT2D eigenvalue weighted by atomic mass is 31.2. The van der Waals surface area contributed by atoms with E-state index in [0.29, 0.717) is 5.56 Å². The number of hydrogen-bond donors (Lipinski definition) is 4. The fourth-order valence-electron chi connectivity index (χ4n) is 4.40. The van der Waals surface area contributed by atoms with Crippen molar-refractivity contribution in [1.29, 1.82) is 0 Å². The number of alkyl carbamates (subject to hydrolysis) is 1. The van der Waals surface area contributed by atoms with E-state index in [9.17, 15) is 28.9 Å². The van der Waals surface area contributed by atoms with Crippen molar-refractivity contribution in [3.63, 3.8) is 0 Å². The number of hydrogen-bond acceptors (Lipinski definition) is 5. The summed E-state index contributed by atoms with van der Waals surface area (Å²) in [5.74, 6) is -4.52. The van der Waals surface area contributed by atoms with Crippen LogP contribution in [0.4, 0.5) is 4.79 Å². The maximum absolute atomic E-state index is 14.0. The highest BCUT2D eigenvalue weighted by Gasteiger charge is 2.38. The molecule has 0 aliphatic heterocycles. The van der Waals surface area contributed by atoms with Gasteiger partial charge in [-0.2, -0.15) is 0 Å². The van der Waals surface area contributed by atoms with Crippen LogP contribution in [-0.4, -0.2) is 46.0 Å². The molecule has 0 saturated heterocycles. The van der Waals surface area contributed by atoms with Gasteiger partial charge in [-0.3, -0.25) is 9.36 Å². The van der Waals surface area contributed by atoms with Crippen LogP contribution < -0.4 is 10.6 Å². The minimum Gasteiger partial charge on any atom is -0.480 e. The maximum Gasteiger partial charge on any atom is 0.408 e. The van der Waals surface area contributed by atoms with E-state index in [-0.39, 0.29) is 19.4 Å². The van der Waals surface area contributed by atoms with Gasteiger partial charge in [0, 0.05) is 12.6 Å². The standard InChI is InChI=1S/C31H37N2O7P/c1-22(2)28(30(35)36)33-29(34)26(18-23-12-6-3-7-13-23)21-41(38,39)27(19-24-14-8-4-9-15-24)32-31(37)40-20-25-16-10-5-11-17-25/h3-17,22,26-28H,18-21H2,1-2H3,(H,32,37)(H,33,34)(H,35,36)(H,38,39)/t26?,27-,28-/m1/s1. The SMILES string of the molecule is CC(C)[C@@H](NC(=O)C(Cc1ccccc1)CP(=O)(O)[C@H](Cc1ccccc1)NC(=O)OCc1ccccc1)C(=O)O. The zero-order chi connectivity index (χ0) is 29.8. The minimum absolute atomic E-state index is 0.0225. The molecular formula is C31H37N2O7P. The van der Waals surface area contributed by atoms with Gasteiger partial charge in [0.05, 0.1) is 5.92 Å². The number of nitrogens with one attached hydrogen (secondary N) is 2. The smallest absolute Gasteiger partial charge is 0.408 e. The van der Waals surface area contributed by atoms with Gasteiger partial charge in [0.2, 0.25) is 13.3 Å². The second-order valence-electron chi connectivity index (χ2n) is 10.3. The van der Waals surface area contributed by atoms with Crippen molar-refractivity contribution in [3.05, 3.63) is 108 Å². The molecule has 0 heterocycles. The Morgan fingerprint density at radius 2 is 1.27 bits per heavy atom. The summed E-state index contributed by atoms with van der Waals surface area (Å²) in [4.78, 5) is 49.3. The van der Waals surface area contributed by atoms with Crippen LogP contribution >= 0.6 is 7.37 Å². The molecule has 0 aliphatic carbocycles. The average Bonchev–Trinajstić information content (AvgIpc) is 2.95. The lowest BCUT2D eigenvalue weighted by Crippen LogP contribution is -2.48. The van der Waals surface area contributed by atoms with Gasteiger partial charge >= 0.3 is 12.1 Å². The fraction of sp³-hybridized carbons (Fsp3) is 0.323. The van der Waals surface area contributed by atoms with E-state index in [1.54, 1.807) is 74.5 Å². The Balaban J connectivity index is 1.85. The Kier molecular flexibility index (Phi) is 11.7. The van der Waals surface area contributed by atoms with Crippen molar-refractivity contribution < 1.29 is 33.7 Å². The summed E-state index contributed by atoms with van der Waals surface area (Å²) in [7, 11) is -4.28. The molecule has 2 amide bonds. The highest BCUT2D eigenvalue weighted by molar-refractivity contribution is 7.58. The first-order valence-electron chi connectivity index (χ1n) is 13.4. The fourth-order valence-corrected chi connectivity index (χ4v) is 6.38. The number of amides is 2. The molecule has 9 nitrogen and oxygen atoms in total. The van der Waals surface area contributed by atoms with E-state index < -0.39 is 55.2 Å². The van der Waals surface area contributed by atoms with Crippen LogP contribution in [-0.2, 0) is 38.3 Å². The molecule has 0 saturated carbocycles. The van der Waals surface area contributed by atoms with Gasteiger partial charge in [-0.15, -0.1) is 0 Å². The molecule has 10 heteroatoms. The van der Waals surface area contributed by atoms with Gasteiger partial charge in [0.1, 0.15) is 18.4 Å². The van der Waals surface area contributed by atoms with Crippen LogP contribution in [0.5, 0.6) is 0 Å². The van der Waals surface area contributed by atoms with E-state index in [2.05, 4.69) is 10.6 Å². The Morgan fingerprint density at radius 1 is 0.780 bits per heavy atom. The van der Waals surface area contributed by atoms with Gasteiger partial charge in [-0.25, -0.2) is 9.59 Å². The van der Waals surface area contributed by atoms with E-state index in [4.69, 9.17) is 4.74 Å². The van der Waals surface area contributed by atoms with Crippen molar-refractivity contribution in [2.45, 2.75) is 45.1 Å². The van der Waals surface area contributed by atoms with Gasteiger partial charge in [-0.05, 0) is 29.0 Å². The number of carbonyl (C=O) groups is 3. The van der Waals surface area contributed by atoms with Crippen LogP contribution in [0.3, 0.4) is 0 Å². The number of carboxylic acid groups (broad SMARTS) is 1. The predicted molar refractivity (Wildman–Crippen MR) is 156 cm³/mol. The lowest BCUT2D eigenvalue weighted by Gasteiger charge is -2.28. The molecule has 0 radical (unpaired) electrons. The number of aliphatic carboxylic acids is 1. The van der Waals surface area contributed by atoms with Gasteiger partial charge in [0.25, 0.3) is 0 Å². The first-order valence-corrected chi connectivity index (χ1v) is 15.4. The molecule has 2 unspecified atom stereocenters. The molecule has 41 heavy (non-hydrogen) atoms. The monoisotopic (exact) mass is 580 g/mol. The maximum atomic E-state index is 14.0. The number of carboxylic acids is 1. The highest BCUT2D eigenvalue weighted by Crippen LogP contribution is 2.48. The van der Waals surface area contributed by atoms with Gasteiger partial charge < -0.3 is 25.4 Å². The van der Waals surface area contributed by atoms with Crippen LogP contribution in [0.25, 0.3) is 0 Å². The average molecular weight is 581 g/mol. The molecule has 3 aromatic rings. The summed E-state index contributed by atoms with van der Waals surface area (Å²) >= 11 is 0. The van der Waals surface area contributed by atoms with Gasteiger partial charge in [-0.1, -0.05) is 105 Å². The molecule has 0 bridgehead atoms. The molecular weight excluding hydrogens is 543 g/mol. The van der Waals surface area contributed by atoms with Crippen LogP contribution in [0.2, 0.25) is 0 Å². The zero-order valence-corrected chi connectivity index (χ0v) is 24.1. The van der Waals surface area contributed by atoms with Crippen LogP contribution in [0.15, 0.2) is 91.0 Å². The predicted octanol–water partition coefficient (Wildman–Crippen LogP) is 4.84. The zero-order valence-electron chi connectivity index (χ0n) is 23.2. The molecule has 218 valence electrons. The van der Waals surface area contributed by atoms with Crippen LogP contribution in [0.1, 0.15) is 30.5 Å². The van der Waals surface area contributed by atoms with Crippen molar-refractivity contribution in [3.8, 4) is 0 Å². The Hall–Kier alpha value is -3.94.